The largest absolute Gasteiger partial charge is 0.497 e. The Kier molecular flexibility index (Phi) is 11.9. The normalized spacial score (nSPS) is 24.5. The van der Waals surface area contributed by atoms with E-state index in [2.05, 4.69) is 5.32 Å². The predicted octanol–water partition coefficient (Wildman–Crippen LogP) is 1.84. The summed E-state index contributed by atoms with van der Waals surface area (Å²) in [5.74, 6) is -1.21. The second kappa shape index (κ2) is 14.9. The Labute approximate surface area is 244 Å². The van der Waals surface area contributed by atoms with Crippen LogP contribution in [0.5, 0.6) is 11.5 Å². The summed E-state index contributed by atoms with van der Waals surface area (Å²) in [6.45, 7) is 3.86. The fraction of sp³-hybridized carbons (Fsp3) is 0.500. The number of esters is 1. The molecule has 0 aromatic heterocycles. The van der Waals surface area contributed by atoms with Crippen LogP contribution in [0.15, 0.2) is 54.6 Å². The molecule has 0 bridgehead atoms. The predicted molar refractivity (Wildman–Crippen MR) is 150 cm³/mol. The maximum atomic E-state index is 14.7. The molecule has 0 aliphatic carbocycles. The first-order valence-electron chi connectivity index (χ1n) is 13.4. The second-order valence-corrected chi connectivity index (χ2v) is 12.1. The molecule has 2 unspecified atom stereocenters. The molecule has 1 saturated heterocycles. The summed E-state index contributed by atoms with van der Waals surface area (Å²) in [5.41, 5.74) is 0.748. The maximum Gasteiger partial charge on any atom is 0.462 e. The third-order valence-corrected chi connectivity index (χ3v) is 8.64. The average molecular weight is 611 g/mol. The number of ether oxygens (including phenoxy) is 3. The lowest BCUT2D eigenvalue weighted by atomic mass is 9.97. The van der Waals surface area contributed by atoms with Crippen LogP contribution in [0.3, 0.4) is 0 Å². The van der Waals surface area contributed by atoms with Gasteiger partial charge in [-0.2, -0.15) is 4.67 Å². The van der Waals surface area contributed by atoms with Crippen LogP contribution in [0.4, 0.5) is 0 Å². The van der Waals surface area contributed by atoms with E-state index in [4.69, 9.17) is 23.3 Å². The zero-order chi connectivity index (χ0) is 31.0. The molecule has 13 nitrogen and oxygen atoms in total. The molecule has 1 aliphatic heterocycles. The van der Waals surface area contributed by atoms with Gasteiger partial charge in [-0.3, -0.25) is 14.1 Å². The minimum atomic E-state index is -4.63. The van der Waals surface area contributed by atoms with Crippen molar-refractivity contribution in [1.82, 2.24) is 9.99 Å². The Bertz CT molecular complexity index is 1210. The van der Waals surface area contributed by atoms with Crippen LogP contribution in [-0.2, 0) is 34.8 Å². The quantitative estimate of drug-likeness (QED) is 0.192. The number of amides is 1. The Morgan fingerprint density at radius 2 is 1.69 bits per heavy atom. The summed E-state index contributed by atoms with van der Waals surface area (Å²) in [5, 5.41) is 33.7. The number of benzene rings is 2. The minimum absolute atomic E-state index is 0.0329. The number of aliphatic hydroxyl groups excluding tert-OH is 3. The highest BCUT2D eigenvalue weighted by Crippen LogP contribution is 2.55. The zero-order valence-electron chi connectivity index (χ0n) is 24.2. The molecule has 1 aliphatic rings. The first-order valence-corrected chi connectivity index (χ1v) is 14.8. The number of hydrogen-bond acceptors (Lipinski definition) is 11. The van der Waals surface area contributed by atoms with Crippen LogP contribution in [0.25, 0.3) is 0 Å². The van der Waals surface area contributed by atoms with Crippen molar-refractivity contribution < 1.29 is 52.7 Å². The monoisotopic (exact) mass is 610 g/mol. The molecular formula is C28H39N2O11P. The minimum Gasteiger partial charge on any atom is -0.497 e. The number of hydrogen-bond donors (Lipinski definition) is 4. The fourth-order valence-corrected chi connectivity index (χ4v) is 6.44. The number of rotatable bonds is 13. The van der Waals surface area contributed by atoms with Crippen LogP contribution in [-0.4, -0.2) is 89.3 Å². The molecular weight excluding hydrogens is 571 g/mol. The molecule has 1 amide bonds. The van der Waals surface area contributed by atoms with Gasteiger partial charge in [-0.25, -0.2) is 4.57 Å². The summed E-state index contributed by atoms with van der Waals surface area (Å²) >= 11 is 0. The Morgan fingerprint density at radius 3 is 2.24 bits per heavy atom. The van der Waals surface area contributed by atoms with E-state index in [9.17, 15) is 29.5 Å². The summed E-state index contributed by atoms with van der Waals surface area (Å²) < 4.78 is 43.7. The zero-order valence-corrected chi connectivity index (χ0v) is 25.0. The Hall–Kier alpha value is -3.03. The number of nitrogens with zero attached hydrogens (tertiary/aromatic N) is 1. The summed E-state index contributed by atoms with van der Waals surface area (Å²) in [6, 6.07) is 12.5. The number of likely N-dealkylation sites (N-methyl/N-ethyl adjacent to an activating group) is 1. The van der Waals surface area contributed by atoms with Gasteiger partial charge < -0.3 is 39.4 Å². The molecule has 3 rings (SSSR count). The van der Waals surface area contributed by atoms with E-state index in [0.29, 0.717) is 5.75 Å². The second-order valence-electron chi connectivity index (χ2n) is 10.1. The molecule has 232 valence electrons. The fourth-order valence-electron chi connectivity index (χ4n) is 4.50. The number of aliphatic hydroxyl groups is 3. The third kappa shape index (κ3) is 8.29. The third-order valence-electron chi connectivity index (χ3n) is 6.66. The summed E-state index contributed by atoms with van der Waals surface area (Å²) in [6.07, 6.45) is -6.35. The highest BCUT2D eigenvalue weighted by atomic mass is 31.2. The van der Waals surface area contributed by atoms with E-state index >= 15 is 0 Å². The highest BCUT2D eigenvalue weighted by molar-refractivity contribution is 7.51. The first-order chi connectivity index (χ1) is 19.9. The van der Waals surface area contributed by atoms with Gasteiger partial charge in [-0.05, 0) is 42.8 Å². The molecule has 0 spiro atoms. The average Bonchev–Trinajstić information content (AvgIpc) is 2.96. The van der Waals surface area contributed by atoms with E-state index in [1.807, 2.05) is 6.07 Å². The SMILES string of the molecule is COc1ccc(OP(=O)(O[C@H]2[C@H](O)[C@@H](CO)O[C@H](O)[C@@H]2NC(C)=O)N(C)C(C(=O)OCc2ccccc2)C(C)C)cc1. The molecule has 1 heterocycles. The van der Waals surface area contributed by atoms with Gasteiger partial charge in [0.05, 0.1) is 13.7 Å². The molecule has 14 heteroatoms. The Balaban J connectivity index is 2.00. The summed E-state index contributed by atoms with van der Waals surface area (Å²) in [7, 11) is -1.81. The number of nitrogens with one attached hydrogen (secondary N) is 1. The van der Waals surface area contributed by atoms with Gasteiger partial charge in [0, 0.05) is 6.92 Å². The number of carbonyl (C=O) groups excluding carboxylic acids is 2. The lowest BCUT2D eigenvalue weighted by Gasteiger charge is -2.44. The molecule has 7 atom stereocenters. The standard InChI is InChI=1S/C28H39N2O11P/c1-17(2)24(28(35)38-16-19-9-7-6-8-10-19)30(4)42(36,40-21-13-11-20(37-5)12-14-21)41-26-23(29-18(3)32)27(34)39-22(15-31)25(26)33/h6-14,17,22-27,31,33-34H,15-16H2,1-5H3,(H,29,32)/t22-,23-,24?,25-,26-,27+,42?/m1/s1. The molecule has 1 fully saturated rings. The molecule has 2 aromatic rings. The molecule has 4 N–H and O–H groups in total. The number of carbonyl (C=O) groups is 2. The maximum absolute atomic E-state index is 14.7. The van der Waals surface area contributed by atoms with Crippen LogP contribution < -0.4 is 14.6 Å². The number of methoxy groups -OCH3 is 1. The van der Waals surface area contributed by atoms with Crippen molar-refractivity contribution in [2.75, 3.05) is 20.8 Å². The molecule has 42 heavy (non-hydrogen) atoms. The van der Waals surface area contributed by atoms with Crippen LogP contribution in [0.2, 0.25) is 0 Å². The van der Waals surface area contributed by atoms with Crippen LogP contribution in [0, 0.1) is 5.92 Å². The first kappa shape index (κ1) is 33.5. The van der Waals surface area contributed by atoms with Gasteiger partial charge in [0.2, 0.25) is 5.91 Å². The van der Waals surface area contributed by atoms with Crippen molar-refractivity contribution in [3.05, 3.63) is 60.2 Å². The van der Waals surface area contributed by atoms with Crippen LogP contribution in [0.1, 0.15) is 26.3 Å². The van der Waals surface area contributed by atoms with Crippen molar-refractivity contribution >= 4 is 19.6 Å². The molecule has 0 radical (unpaired) electrons. The van der Waals surface area contributed by atoms with Gasteiger partial charge in [-0.1, -0.05) is 44.2 Å². The molecule has 2 aromatic carbocycles. The van der Waals surface area contributed by atoms with E-state index in [0.717, 1.165) is 10.2 Å². The van der Waals surface area contributed by atoms with Crippen molar-refractivity contribution in [2.45, 2.75) is 64.1 Å². The smallest absolute Gasteiger partial charge is 0.462 e. The van der Waals surface area contributed by atoms with E-state index in [1.165, 1.54) is 33.2 Å². The molecule has 0 saturated carbocycles. The lowest BCUT2D eigenvalue weighted by molar-refractivity contribution is -0.250. The summed E-state index contributed by atoms with van der Waals surface area (Å²) in [4.78, 5) is 25.3. The van der Waals surface area contributed by atoms with Crippen molar-refractivity contribution in [2.24, 2.45) is 5.92 Å². The van der Waals surface area contributed by atoms with Crippen molar-refractivity contribution in [3.8, 4) is 11.5 Å². The van der Waals surface area contributed by atoms with Gasteiger partial charge in [0.15, 0.2) is 6.29 Å². The van der Waals surface area contributed by atoms with Gasteiger partial charge in [0.25, 0.3) is 0 Å². The van der Waals surface area contributed by atoms with Gasteiger partial charge in [-0.15, -0.1) is 0 Å². The topological polar surface area (TPSA) is 173 Å². The highest BCUT2D eigenvalue weighted by Gasteiger charge is 2.52. The van der Waals surface area contributed by atoms with Gasteiger partial charge >= 0.3 is 13.7 Å². The van der Waals surface area contributed by atoms with E-state index in [-0.39, 0.29) is 12.4 Å². The van der Waals surface area contributed by atoms with Crippen molar-refractivity contribution in [3.63, 3.8) is 0 Å². The van der Waals surface area contributed by atoms with Crippen molar-refractivity contribution in [1.29, 1.82) is 0 Å². The lowest BCUT2D eigenvalue weighted by Crippen LogP contribution is -2.64. The van der Waals surface area contributed by atoms with Gasteiger partial charge in [0.1, 0.15) is 48.5 Å². The van der Waals surface area contributed by atoms with E-state index in [1.54, 1.807) is 50.2 Å². The van der Waals surface area contributed by atoms with E-state index < -0.39 is 68.8 Å². The Morgan fingerprint density at radius 1 is 1.07 bits per heavy atom. The van der Waals surface area contributed by atoms with Crippen LogP contribution >= 0.6 is 7.75 Å².